The zero-order chi connectivity index (χ0) is 12.8. The summed E-state index contributed by atoms with van der Waals surface area (Å²) < 4.78 is 5.54. The smallest absolute Gasteiger partial charge is 0.142 e. The Morgan fingerprint density at radius 1 is 1.11 bits per heavy atom. The SMILES string of the molecule is CCOc1ccccc1NCc1cccc(O)c1. The van der Waals surface area contributed by atoms with E-state index in [0.717, 1.165) is 17.0 Å². The van der Waals surface area contributed by atoms with Crippen molar-refractivity contribution in [1.82, 2.24) is 0 Å². The maximum Gasteiger partial charge on any atom is 0.142 e. The summed E-state index contributed by atoms with van der Waals surface area (Å²) in [7, 11) is 0. The molecule has 0 radical (unpaired) electrons. The zero-order valence-electron chi connectivity index (χ0n) is 10.4. The summed E-state index contributed by atoms with van der Waals surface area (Å²) in [6, 6.07) is 15.0. The Morgan fingerprint density at radius 3 is 2.72 bits per heavy atom. The number of para-hydroxylation sites is 2. The van der Waals surface area contributed by atoms with Crippen LogP contribution in [0.2, 0.25) is 0 Å². The maximum atomic E-state index is 9.40. The van der Waals surface area contributed by atoms with Gasteiger partial charge in [-0.15, -0.1) is 0 Å². The highest BCUT2D eigenvalue weighted by Gasteiger charge is 2.01. The fraction of sp³-hybridized carbons (Fsp3) is 0.200. The lowest BCUT2D eigenvalue weighted by Crippen LogP contribution is -2.02. The van der Waals surface area contributed by atoms with Gasteiger partial charge in [0.15, 0.2) is 0 Å². The van der Waals surface area contributed by atoms with Crippen LogP contribution < -0.4 is 10.1 Å². The molecule has 0 aliphatic heterocycles. The van der Waals surface area contributed by atoms with Crippen molar-refractivity contribution in [3.63, 3.8) is 0 Å². The van der Waals surface area contributed by atoms with E-state index < -0.39 is 0 Å². The summed E-state index contributed by atoms with van der Waals surface area (Å²) in [6.45, 7) is 3.26. The second kappa shape index (κ2) is 5.96. The number of benzene rings is 2. The van der Waals surface area contributed by atoms with Crippen LogP contribution in [0.5, 0.6) is 11.5 Å². The van der Waals surface area contributed by atoms with Gasteiger partial charge in [0.05, 0.1) is 12.3 Å². The Morgan fingerprint density at radius 2 is 1.94 bits per heavy atom. The predicted molar refractivity (Wildman–Crippen MR) is 73.0 cm³/mol. The van der Waals surface area contributed by atoms with E-state index in [2.05, 4.69) is 5.32 Å². The van der Waals surface area contributed by atoms with Crippen molar-refractivity contribution >= 4 is 5.69 Å². The van der Waals surface area contributed by atoms with Gasteiger partial charge in [0, 0.05) is 6.54 Å². The number of nitrogens with one attached hydrogen (secondary N) is 1. The van der Waals surface area contributed by atoms with E-state index in [0.29, 0.717) is 13.2 Å². The molecule has 2 aromatic carbocycles. The molecule has 0 aliphatic rings. The third kappa shape index (κ3) is 3.17. The number of anilines is 1. The van der Waals surface area contributed by atoms with Crippen LogP contribution in [0.3, 0.4) is 0 Å². The summed E-state index contributed by atoms with van der Waals surface area (Å²) in [5.74, 6) is 1.13. The van der Waals surface area contributed by atoms with Crippen molar-refractivity contribution in [1.29, 1.82) is 0 Å². The molecule has 2 aromatic rings. The Balaban J connectivity index is 2.06. The summed E-state index contributed by atoms with van der Waals surface area (Å²) in [5, 5.41) is 12.7. The van der Waals surface area contributed by atoms with Crippen molar-refractivity contribution in [2.24, 2.45) is 0 Å². The van der Waals surface area contributed by atoms with Gasteiger partial charge < -0.3 is 15.2 Å². The van der Waals surface area contributed by atoms with Crippen LogP contribution in [0.15, 0.2) is 48.5 Å². The van der Waals surface area contributed by atoms with Crippen LogP contribution in [0.1, 0.15) is 12.5 Å². The van der Waals surface area contributed by atoms with Crippen molar-refractivity contribution < 1.29 is 9.84 Å². The normalized spacial score (nSPS) is 10.1. The monoisotopic (exact) mass is 243 g/mol. The number of phenols is 1. The molecule has 0 aliphatic carbocycles. The van der Waals surface area contributed by atoms with E-state index >= 15 is 0 Å². The molecule has 2 rings (SSSR count). The molecule has 2 N–H and O–H groups in total. The first-order valence-electron chi connectivity index (χ1n) is 6.03. The van der Waals surface area contributed by atoms with Gasteiger partial charge in [-0.05, 0) is 36.8 Å². The minimum absolute atomic E-state index is 0.285. The third-order valence-corrected chi connectivity index (χ3v) is 2.58. The predicted octanol–water partition coefficient (Wildman–Crippen LogP) is 3.40. The molecular formula is C15H17NO2. The molecule has 94 valence electrons. The molecule has 3 nitrogen and oxygen atoms in total. The highest BCUT2D eigenvalue weighted by molar-refractivity contribution is 5.56. The molecule has 0 saturated carbocycles. The number of aromatic hydroxyl groups is 1. The van der Waals surface area contributed by atoms with Crippen molar-refractivity contribution in [3.8, 4) is 11.5 Å². The molecule has 0 bridgehead atoms. The van der Waals surface area contributed by atoms with E-state index in [4.69, 9.17) is 4.74 Å². The van der Waals surface area contributed by atoms with Crippen LogP contribution in [-0.2, 0) is 6.54 Å². The van der Waals surface area contributed by atoms with Gasteiger partial charge in [0.25, 0.3) is 0 Å². The third-order valence-electron chi connectivity index (χ3n) is 2.58. The lowest BCUT2D eigenvalue weighted by Gasteiger charge is -2.12. The highest BCUT2D eigenvalue weighted by Crippen LogP contribution is 2.24. The Kier molecular flexibility index (Phi) is 4.07. The molecular weight excluding hydrogens is 226 g/mol. The lowest BCUT2D eigenvalue weighted by molar-refractivity contribution is 0.341. The van der Waals surface area contributed by atoms with Gasteiger partial charge >= 0.3 is 0 Å². The van der Waals surface area contributed by atoms with Gasteiger partial charge in [-0.25, -0.2) is 0 Å². The minimum atomic E-state index is 0.285. The molecule has 18 heavy (non-hydrogen) atoms. The van der Waals surface area contributed by atoms with Crippen LogP contribution in [0.25, 0.3) is 0 Å². The summed E-state index contributed by atoms with van der Waals surface area (Å²) in [6.07, 6.45) is 0. The maximum absolute atomic E-state index is 9.40. The molecule has 0 amide bonds. The summed E-state index contributed by atoms with van der Waals surface area (Å²) in [4.78, 5) is 0. The largest absolute Gasteiger partial charge is 0.508 e. The molecule has 0 heterocycles. The Hall–Kier alpha value is -2.16. The number of hydrogen-bond donors (Lipinski definition) is 2. The van der Waals surface area contributed by atoms with Crippen LogP contribution in [-0.4, -0.2) is 11.7 Å². The average Bonchev–Trinajstić information content (AvgIpc) is 2.38. The number of rotatable bonds is 5. The minimum Gasteiger partial charge on any atom is -0.508 e. The highest BCUT2D eigenvalue weighted by atomic mass is 16.5. The number of phenolic OH excluding ortho intramolecular Hbond substituents is 1. The molecule has 0 fully saturated rings. The summed E-state index contributed by atoms with van der Waals surface area (Å²) >= 11 is 0. The quantitative estimate of drug-likeness (QED) is 0.845. The fourth-order valence-corrected chi connectivity index (χ4v) is 1.76. The Bertz CT molecular complexity index is 511. The van der Waals surface area contributed by atoms with Gasteiger partial charge in [0.1, 0.15) is 11.5 Å². The fourth-order valence-electron chi connectivity index (χ4n) is 1.76. The summed E-state index contributed by atoms with van der Waals surface area (Å²) in [5.41, 5.74) is 1.99. The molecule has 0 unspecified atom stereocenters. The van der Waals surface area contributed by atoms with E-state index in [9.17, 15) is 5.11 Å². The van der Waals surface area contributed by atoms with Gasteiger partial charge in [-0.3, -0.25) is 0 Å². The molecule has 0 aromatic heterocycles. The standard InChI is InChI=1S/C15H17NO2/c1-2-18-15-9-4-3-8-14(15)16-11-12-6-5-7-13(17)10-12/h3-10,16-17H,2,11H2,1H3. The first-order valence-corrected chi connectivity index (χ1v) is 6.03. The molecule has 3 heteroatoms. The molecule has 0 saturated heterocycles. The second-order valence-electron chi connectivity index (χ2n) is 3.95. The van der Waals surface area contributed by atoms with Crippen LogP contribution in [0.4, 0.5) is 5.69 Å². The molecule has 0 spiro atoms. The van der Waals surface area contributed by atoms with Gasteiger partial charge in [-0.1, -0.05) is 24.3 Å². The van der Waals surface area contributed by atoms with Crippen molar-refractivity contribution in [3.05, 3.63) is 54.1 Å². The van der Waals surface area contributed by atoms with Crippen LogP contribution >= 0.6 is 0 Å². The lowest BCUT2D eigenvalue weighted by atomic mass is 10.2. The van der Waals surface area contributed by atoms with E-state index in [-0.39, 0.29) is 5.75 Å². The number of hydrogen-bond acceptors (Lipinski definition) is 3. The first kappa shape index (κ1) is 12.3. The van der Waals surface area contributed by atoms with Crippen molar-refractivity contribution in [2.45, 2.75) is 13.5 Å². The second-order valence-corrected chi connectivity index (χ2v) is 3.95. The number of ether oxygens (including phenoxy) is 1. The Labute approximate surface area is 107 Å². The van der Waals surface area contributed by atoms with E-state index in [1.165, 1.54) is 0 Å². The van der Waals surface area contributed by atoms with Gasteiger partial charge in [0.2, 0.25) is 0 Å². The first-order chi connectivity index (χ1) is 8.79. The average molecular weight is 243 g/mol. The van der Waals surface area contributed by atoms with E-state index in [1.54, 1.807) is 12.1 Å². The topological polar surface area (TPSA) is 41.5 Å². The van der Waals surface area contributed by atoms with Crippen LogP contribution in [0, 0.1) is 0 Å². The van der Waals surface area contributed by atoms with E-state index in [1.807, 2.05) is 43.3 Å². The zero-order valence-corrected chi connectivity index (χ0v) is 10.4. The van der Waals surface area contributed by atoms with Crippen molar-refractivity contribution in [2.75, 3.05) is 11.9 Å². The van der Waals surface area contributed by atoms with Gasteiger partial charge in [-0.2, -0.15) is 0 Å². The molecule has 0 atom stereocenters.